The summed E-state index contributed by atoms with van der Waals surface area (Å²) in [4.78, 5) is 15.6. The number of benzene rings is 1. The second-order valence-electron chi connectivity index (χ2n) is 4.45. The second-order valence-corrected chi connectivity index (χ2v) is 7.14. The highest BCUT2D eigenvalue weighted by molar-refractivity contribution is 7.89. The Bertz CT molecular complexity index is 757. The molecule has 0 atom stereocenters. The first-order valence-electron chi connectivity index (χ1n) is 6.14. The highest BCUT2D eigenvalue weighted by atomic mass is 32.2. The lowest BCUT2D eigenvalue weighted by atomic mass is 10.3. The molecule has 1 N–H and O–H groups in total. The molecule has 0 aliphatic carbocycles. The Kier molecular flexibility index (Phi) is 5.09. The third-order valence-electron chi connectivity index (χ3n) is 2.42. The summed E-state index contributed by atoms with van der Waals surface area (Å²) in [6, 6.07) is 5.59. The molecule has 0 saturated carbocycles. The average Bonchev–Trinajstić information content (AvgIpc) is 2.83. The fourth-order valence-corrected chi connectivity index (χ4v) is 2.77. The van der Waals surface area contributed by atoms with Crippen LogP contribution in [0.3, 0.4) is 0 Å². The number of halogens is 1. The zero-order chi connectivity index (χ0) is 16.2. The van der Waals surface area contributed by atoms with Crippen molar-refractivity contribution in [3.63, 3.8) is 0 Å². The summed E-state index contributed by atoms with van der Waals surface area (Å²) >= 11 is 1.29. The molecule has 2 aromatic rings. The molecule has 0 aliphatic heterocycles. The summed E-state index contributed by atoms with van der Waals surface area (Å²) in [5.41, 5.74) is 0.462. The first-order chi connectivity index (χ1) is 10.3. The lowest BCUT2D eigenvalue weighted by molar-refractivity contribution is -0.118. The minimum Gasteiger partial charge on any atom is -0.486 e. The first-order valence-corrected chi connectivity index (χ1v) is 8.91. The Labute approximate surface area is 131 Å². The van der Waals surface area contributed by atoms with Crippen LogP contribution in [0, 0.1) is 5.82 Å². The van der Waals surface area contributed by atoms with E-state index in [0.29, 0.717) is 16.5 Å². The molecule has 0 unspecified atom stereocenters. The minimum absolute atomic E-state index is 0.125. The monoisotopic (exact) mass is 344 g/mol. The molecule has 0 aliphatic rings. The van der Waals surface area contributed by atoms with Gasteiger partial charge in [-0.3, -0.25) is 9.52 Å². The summed E-state index contributed by atoms with van der Waals surface area (Å²) in [5.74, 6) is -0.479. The van der Waals surface area contributed by atoms with Crippen molar-refractivity contribution in [1.82, 2.24) is 9.71 Å². The standard InChI is InChI=1S/C13H13FN2O4S2/c1-22(18,19)16-12(17)6-10-8-21-13(15-10)7-20-11-4-2-9(14)3-5-11/h2-5,8H,6-7H2,1H3,(H,16,17). The fourth-order valence-electron chi connectivity index (χ4n) is 1.58. The molecular formula is C13H13FN2O4S2. The molecule has 0 spiro atoms. The number of nitrogens with zero attached hydrogens (tertiary/aromatic N) is 1. The van der Waals surface area contributed by atoms with E-state index in [9.17, 15) is 17.6 Å². The van der Waals surface area contributed by atoms with E-state index in [2.05, 4.69) is 4.98 Å². The van der Waals surface area contributed by atoms with Crippen LogP contribution in [0.1, 0.15) is 10.7 Å². The number of nitrogens with one attached hydrogen (secondary N) is 1. The summed E-state index contributed by atoms with van der Waals surface area (Å²) in [5, 5.41) is 2.29. The van der Waals surface area contributed by atoms with Gasteiger partial charge in [-0.05, 0) is 24.3 Å². The Balaban J connectivity index is 1.88. The lowest BCUT2D eigenvalue weighted by Gasteiger charge is -2.03. The van der Waals surface area contributed by atoms with E-state index in [1.165, 1.54) is 35.6 Å². The van der Waals surface area contributed by atoms with Gasteiger partial charge in [0, 0.05) is 5.38 Å². The molecule has 0 fully saturated rings. The van der Waals surface area contributed by atoms with Gasteiger partial charge in [0.25, 0.3) is 0 Å². The van der Waals surface area contributed by atoms with Gasteiger partial charge in [0.1, 0.15) is 23.2 Å². The van der Waals surface area contributed by atoms with E-state index in [4.69, 9.17) is 4.74 Å². The Morgan fingerprint density at radius 2 is 2.05 bits per heavy atom. The Morgan fingerprint density at radius 3 is 2.68 bits per heavy atom. The van der Waals surface area contributed by atoms with Crippen LogP contribution < -0.4 is 9.46 Å². The second kappa shape index (κ2) is 6.84. The topological polar surface area (TPSA) is 85.4 Å². The number of sulfonamides is 1. The maximum atomic E-state index is 12.7. The number of amides is 1. The van der Waals surface area contributed by atoms with Crippen LogP contribution in [0.4, 0.5) is 4.39 Å². The van der Waals surface area contributed by atoms with Crippen LogP contribution >= 0.6 is 11.3 Å². The average molecular weight is 344 g/mol. The number of hydrogen-bond donors (Lipinski definition) is 1. The number of rotatable bonds is 6. The molecule has 0 bridgehead atoms. The molecule has 118 valence electrons. The third-order valence-corrected chi connectivity index (χ3v) is 3.89. The number of thiazole rings is 1. The summed E-state index contributed by atoms with van der Waals surface area (Å²) in [6.45, 7) is 0.185. The number of aromatic nitrogens is 1. The van der Waals surface area contributed by atoms with Crippen LogP contribution in [-0.4, -0.2) is 25.6 Å². The first kappa shape index (κ1) is 16.4. The Hall–Kier alpha value is -2.00. The smallest absolute Gasteiger partial charge is 0.239 e. The molecule has 22 heavy (non-hydrogen) atoms. The zero-order valence-corrected chi connectivity index (χ0v) is 13.2. The summed E-state index contributed by atoms with van der Waals surface area (Å²) < 4.78 is 41.9. The third kappa shape index (κ3) is 5.41. The van der Waals surface area contributed by atoms with Crippen LogP contribution in [-0.2, 0) is 27.8 Å². The normalized spacial score (nSPS) is 11.2. The van der Waals surface area contributed by atoms with Crippen LogP contribution in [0.5, 0.6) is 5.75 Å². The van der Waals surface area contributed by atoms with Gasteiger partial charge in [-0.1, -0.05) is 0 Å². The molecule has 1 amide bonds. The lowest BCUT2D eigenvalue weighted by Crippen LogP contribution is -2.30. The highest BCUT2D eigenvalue weighted by Crippen LogP contribution is 2.16. The van der Waals surface area contributed by atoms with Crippen LogP contribution in [0.2, 0.25) is 0 Å². The highest BCUT2D eigenvalue weighted by Gasteiger charge is 2.12. The number of carbonyl (C=O) groups is 1. The van der Waals surface area contributed by atoms with Crippen molar-refractivity contribution >= 4 is 27.3 Å². The van der Waals surface area contributed by atoms with Crippen molar-refractivity contribution in [2.45, 2.75) is 13.0 Å². The number of carbonyl (C=O) groups excluding carboxylic acids is 1. The molecule has 6 nitrogen and oxygen atoms in total. The van der Waals surface area contributed by atoms with E-state index in [1.54, 1.807) is 5.38 Å². The molecule has 1 heterocycles. The van der Waals surface area contributed by atoms with Crippen molar-refractivity contribution in [2.75, 3.05) is 6.26 Å². The molecular weight excluding hydrogens is 331 g/mol. The number of ether oxygens (including phenoxy) is 1. The van der Waals surface area contributed by atoms with Crippen molar-refractivity contribution in [3.05, 3.63) is 46.2 Å². The maximum Gasteiger partial charge on any atom is 0.239 e. The molecule has 1 aromatic heterocycles. The van der Waals surface area contributed by atoms with Gasteiger partial charge in [0.15, 0.2) is 0 Å². The molecule has 9 heteroatoms. The van der Waals surface area contributed by atoms with Crippen molar-refractivity contribution < 1.29 is 22.3 Å². The van der Waals surface area contributed by atoms with E-state index in [1.807, 2.05) is 4.72 Å². The van der Waals surface area contributed by atoms with E-state index < -0.39 is 15.9 Å². The minimum atomic E-state index is -3.57. The van der Waals surface area contributed by atoms with E-state index in [-0.39, 0.29) is 18.8 Å². The quantitative estimate of drug-likeness (QED) is 0.858. The maximum absolute atomic E-state index is 12.7. The van der Waals surface area contributed by atoms with Gasteiger partial charge in [-0.15, -0.1) is 11.3 Å². The number of hydrogen-bond acceptors (Lipinski definition) is 6. The SMILES string of the molecule is CS(=O)(=O)NC(=O)Cc1csc(COc2ccc(F)cc2)n1. The van der Waals surface area contributed by atoms with E-state index in [0.717, 1.165) is 6.26 Å². The van der Waals surface area contributed by atoms with Crippen LogP contribution in [0.25, 0.3) is 0 Å². The predicted molar refractivity (Wildman–Crippen MR) is 79.5 cm³/mol. The van der Waals surface area contributed by atoms with Gasteiger partial charge in [0.2, 0.25) is 15.9 Å². The molecule has 0 saturated heterocycles. The largest absolute Gasteiger partial charge is 0.486 e. The van der Waals surface area contributed by atoms with Gasteiger partial charge >= 0.3 is 0 Å². The summed E-state index contributed by atoms with van der Waals surface area (Å²) in [6.07, 6.45) is 0.786. The van der Waals surface area contributed by atoms with Crippen molar-refractivity contribution in [3.8, 4) is 5.75 Å². The van der Waals surface area contributed by atoms with Gasteiger partial charge in [0.05, 0.1) is 18.4 Å². The summed E-state index contributed by atoms with van der Waals surface area (Å²) in [7, 11) is -3.57. The van der Waals surface area contributed by atoms with Crippen LogP contribution in [0.15, 0.2) is 29.6 Å². The molecule has 0 radical (unpaired) electrons. The zero-order valence-electron chi connectivity index (χ0n) is 11.6. The Morgan fingerprint density at radius 1 is 1.36 bits per heavy atom. The molecule has 2 rings (SSSR count). The van der Waals surface area contributed by atoms with Crippen molar-refractivity contribution in [1.29, 1.82) is 0 Å². The van der Waals surface area contributed by atoms with E-state index >= 15 is 0 Å². The van der Waals surface area contributed by atoms with Gasteiger partial charge < -0.3 is 4.74 Å². The molecule has 1 aromatic carbocycles. The fraction of sp³-hybridized carbons (Fsp3) is 0.231. The van der Waals surface area contributed by atoms with Gasteiger partial charge in [-0.25, -0.2) is 17.8 Å². The van der Waals surface area contributed by atoms with Gasteiger partial charge in [-0.2, -0.15) is 0 Å². The van der Waals surface area contributed by atoms with Crippen molar-refractivity contribution in [2.24, 2.45) is 0 Å². The predicted octanol–water partition coefficient (Wildman–Crippen LogP) is 1.48.